The Bertz CT molecular complexity index is 582. The van der Waals surface area contributed by atoms with Crippen LogP contribution >= 0.6 is 0 Å². The molecule has 0 radical (unpaired) electrons. The second kappa shape index (κ2) is 6.97. The molecule has 0 aromatic carbocycles. The van der Waals surface area contributed by atoms with Crippen molar-refractivity contribution in [3.05, 3.63) is 17.3 Å². The molecule has 0 aliphatic carbocycles. The van der Waals surface area contributed by atoms with Crippen LogP contribution in [0.5, 0.6) is 0 Å². The minimum absolute atomic E-state index is 0.108. The highest BCUT2D eigenvalue weighted by molar-refractivity contribution is 6.74. The summed E-state index contributed by atoms with van der Waals surface area (Å²) in [7, 11) is -1.89. The van der Waals surface area contributed by atoms with Gasteiger partial charge in [0.1, 0.15) is 5.60 Å². The summed E-state index contributed by atoms with van der Waals surface area (Å²) in [5.74, 6) is 0.213. The number of nitrogens with two attached hydrogens (primary N) is 1. The Balaban J connectivity index is 2.84. The van der Waals surface area contributed by atoms with Gasteiger partial charge in [-0.3, -0.25) is 0 Å². The van der Waals surface area contributed by atoms with Crippen LogP contribution in [0.15, 0.2) is 4.42 Å². The van der Waals surface area contributed by atoms with Crippen molar-refractivity contribution in [2.45, 2.75) is 84.8 Å². The standard InChI is InChI=1S/C17H32N2O4Si/c1-11-12(10-21-24(8,9)17(5,6)7)22-14(19-11)13(18)15(20)23-16(2,3)4/h13H,10,18H2,1-9H3. The van der Waals surface area contributed by atoms with Gasteiger partial charge >= 0.3 is 5.97 Å². The number of carbonyl (C=O) groups is 1. The molecule has 0 amide bonds. The quantitative estimate of drug-likeness (QED) is 0.637. The highest BCUT2D eigenvalue weighted by Crippen LogP contribution is 2.37. The lowest BCUT2D eigenvalue weighted by atomic mass is 10.2. The van der Waals surface area contributed by atoms with E-state index in [0.29, 0.717) is 18.1 Å². The minimum atomic E-state index is -1.89. The number of hydrogen-bond acceptors (Lipinski definition) is 6. The third-order valence-corrected chi connectivity index (χ3v) is 8.68. The largest absolute Gasteiger partial charge is 0.458 e. The summed E-state index contributed by atoms with van der Waals surface area (Å²) in [5, 5.41) is 0.108. The molecule has 1 rings (SSSR count). The number of aryl methyl sites for hydroxylation is 1. The van der Waals surface area contributed by atoms with Gasteiger partial charge in [0.25, 0.3) is 0 Å². The topological polar surface area (TPSA) is 87.6 Å². The van der Waals surface area contributed by atoms with Crippen molar-refractivity contribution < 1.29 is 18.4 Å². The van der Waals surface area contributed by atoms with Gasteiger partial charge in [-0.05, 0) is 45.8 Å². The first-order valence-electron chi connectivity index (χ1n) is 8.22. The molecule has 0 spiro atoms. The Kier molecular flexibility index (Phi) is 6.06. The average Bonchev–Trinajstić information content (AvgIpc) is 2.73. The second-order valence-electron chi connectivity index (χ2n) is 8.62. The zero-order chi connectivity index (χ0) is 18.9. The molecule has 1 heterocycles. The van der Waals surface area contributed by atoms with E-state index in [1.165, 1.54) is 0 Å². The molecule has 1 aromatic heterocycles. The van der Waals surface area contributed by atoms with Crippen LogP contribution in [0.2, 0.25) is 18.1 Å². The van der Waals surface area contributed by atoms with Crippen molar-refractivity contribution in [3.63, 3.8) is 0 Å². The Hall–Kier alpha value is -1.18. The smallest absolute Gasteiger partial charge is 0.333 e. The SMILES string of the molecule is Cc1nc(C(N)C(=O)OC(C)(C)C)oc1CO[Si](C)(C)C(C)(C)C. The van der Waals surface area contributed by atoms with Crippen molar-refractivity contribution in [1.82, 2.24) is 4.98 Å². The van der Waals surface area contributed by atoms with E-state index in [4.69, 9.17) is 19.3 Å². The van der Waals surface area contributed by atoms with Crippen LogP contribution in [-0.4, -0.2) is 24.9 Å². The van der Waals surface area contributed by atoms with E-state index in [1.54, 1.807) is 20.8 Å². The predicted octanol–water partition coefficient (Wildman–Crippen LogP) is 3.85. The summed E-state index contributed by atoms with van der Waals surface area (Å²) in [6, 6.07) is -1.04. The van der Waals surface area contributed by atoms with E-state index >= 15 is 0 Å². The van der Waals surface area contributed by atoms with Crippen molar-refractivity contribution in [3.8, 4) is 0 Å². The highest BCUT2D eigenvalue weighted by Gasteiger charge is 2.37. The number of oxazole rings is 1. The number of carbonyl (C=O) groups excluding carboxylic acids is 1. The monoisotopic (exact) mass is 356 g/mol. The number of nitrogens with zero attached hydrogens (tertiary/aromatic N) is 1. The zero-order valence-corrected chi connectivity index (χ0v) is 17.4. The summed E-state index contributed by atoms with van der Waals surface area (Å²) in [6.45, 7) is 18.4. The van der Waals surface area contributed by atoms with Crippen molar-refractivity contribution in [1.29, 1.82) is 0 Å². The van der Waals surface area contributed by atoms with E-state index < -0.39 is 25.9 Å². The first-order valence-corrected chi connectivity index (χ1v) is 11.1. The molecule has 0 aliphatic rings. The van der Waals surface area contributed by atoms with Crippen LogP contribution in [0, 0.1) is 6.92 Å². The van der Waals surface area contributed by atoms with E-state index in [-0.39, 0.29) is 10.9 Å². The van der Waals surface area contributed by atoms with Crippen LogP contribution < -0.4 is 5.73 Å². The fourth-order valence-corrected chi connectivity index (χ4v) is 2.57. The van der Waals surface area contributed by atoms with Gasteiger partial charge in [0, 0.05) is 0 Å². The van der Waals surface area contributed by atoms with Gasteiger partial charge < -0.3 is 19.3 Å². The normalized spacial score (nSPS) is 14.6. The maximum absolute atomic E-state index is 12.1. The lowest BCUT2D eigenvalue weighted by Crippen LogP contribution is -2.40. The van der Waals surface area contributed by atoms with E-state index in [9.17, 15) is 4.79 Å². The molecule has 2 N–H and O–H groups in total. The number of rotatable bonds is 5. The van der Waals surface area contributed by atoms with E-state index in [0.717, 1.165) is 0 Å². The molecule has 0 fully saturated rings. The Morgan fingerprint density at radius 1 is 1.25 bits per heavy atom. The molecular weight excluding hydrogens is 324 g/mol. The summed E-state index contributed by atoms with van der Waals surface area (Å²) in [6.07, 6.45) is 0. The fraction of sp³-hybridized carbons (Fsp3) is 0.765. The molecule has 138 valence electrons. The van der Waals surface area contributed by atoms with Crippen LogP contribution in [0.4, 0.5) is 0 Å². The number of aromatic nitrogens is 1. The fourth-order valence-electron chi connectivity index (χ4n) is 1.65. The van der Waals surface area contributed by atoms with Crippen LogP contribution in [-0.2, 0) is 20.6 Å². The molecule has 7 heteroatoms. The summed E-state index contributed by atoms with van der Waals surface area (Å²) < 4.78 is 17.1. The van der Waals surface area contributed by atoms with Crippen LogP contribution in [0.1, 0.15) is 64.9 Å². The van der Waals surface area contributed by atoms with Crippen molar-refractivity contribution in [2.24, 2.45) is 5.73 Å². The number of hydrogen-bond donors (Lipinski definition) is 1. The summed E-state index contributed by atoms with van der Waals surface area (Å²) in [4.78, 5) is 16.3. The summed E-state index contributed by atoms with van der Waals surface area (Å²) in [5.41, 5.74) is 5.99. The molecule has 1 unspecified atom stereocenters. The number of esters is 1. The number of ether oxygens (including phenoxy) is 1. The molecular formula is C17H32N2O4Si. The molecule has 24 heavy (non-hydrogen) atoms. The van der Waals surface area contributed by atoms with E-state index in [1.807, 2.05) is 6.92 Å². The first-order chi connectivity index (χ1) is 10.6. The van der Waals surface area contributed by atoms with Gasteiger partial charge in [-0.1, -0.05) is 20.8 Å². The maximum Gasteiger partial charge on any atom is 0.333 e. The van der Waals surface area contributed by atoms with Crippen molar-refractivity contribution in [2.75, 3.05) is 0 Å². The second-order valence-corrected chi connectivity index (χ2v) is 13.4. The third-order valence-electron chi connectivity index (χ3n) is 4.21. The van der Waals surface area contributed by atoms with Gasteiger partial charge in [0.2, 0.25) is 5.89 Å². The minimum Gasteiger partial charge on any atom is -0.458 e. The zero-order valence-electron chi connectivity index (χ0n) is 16.4. The molecule has 0 saturated carbocycles. The van der Waals surface area contributed by atoms with Crippen LogP contribution in [0.3, 0.4) is 0 Å². The van der Waals surface area contributed by atoms with Gasteiger partial charge in [-0.2, -0.15) is 0 Å². The molecule has 6 nitrogen and oxygen atoms in total. The Morgan fingerprint density at radius 3 is 2.25 bits per heavy atom. The van der Waals surface area contributed by atoms with Gasteiger partial charge in [0.15, 0.2) is 20.1 Å². The maximum atomic E-state index is 12.1. The lowest BCUT2D eigenvalue weighted by Gasteiger charge is -2.35. The first kappa shape index (κ1) is 20.9. The molecule has 1 aromatic rings. The average molecular weight is 357 g/mol. The molecule has 0 aliphatic heterocycles. The van der Waals surface area contributed by atoms with Gasteiger partial charge in [0.05, 0.1) is 12.3 Å². The lowest BCUT2D eigenvalue weighted by molar-refractivity contribution is -0.157. The Morgan fingerprint density at radius 2 is 1.79 bits per heavy atom. The Labute approximate surface area is 146 Å². The molecule has 0 bridgehead atoms. The van der Waals surface area contributed by atoms with Crippen molar-refractivity contribution >= 4 is 14.3 Å². The van der Waals surface area contributed by atoms with Gasteiger partial charge in [-0.25, -0.2) is 9.78 Å². The van der Waals surface area contributed by atoms with Gasteiger partial charge in [-0.15, -0.1) is 0 Å². The van der Waals surface area contributed by atoms with E-state index in [2.05, 4.69) is 38.8 Å². The predicted molar refractivity (Wildman–Crippen MR) is 96.0 cm³/mol. The highest BCUT2D eigenvalue weighted by atomic mass is 28.4. The third kappa shape index (κ3) is 5.43. The molecule has 0 saturated heterocycles. The summed E-state index contributed by atoms with van der Waals surface area (Å²) >= 11 is 0. The van der Waals surface area contributed by atoms with Crippen LogP contribution in [0.25, 0.3) is 0 Å². The molecule has 1 atom stereocenters.